The van der Waals surface area contributed by atoms with E-state index in [1.54, 1.807) is 13.3 Å². The summed E-state index contributed by atoms with van der Waals surface area (Å²) in [5.41, 5.74) is 3.00. The van der Waals surface area contributed by atoms with Crippen molar-refractivity contribution in [1.29, 1.82) is 0 Å². The molecule has 3 heterocycles. The quantitative estimate of drug-likeness (QED) is 0.336. The van der Waals surface area contributed by atoms with Crippen molar-refractivity contribution < 1.29 is 9.15 Å². The average Bonchev–Trinajstić information content (AvgIpc) is 3.45. The fraction of sp³-hybridized carbons (Fsp3) is 0.154. The third kappa shape index (κ3) is 4.45. The molecule has 0 radical (unpaired) electrons. The molecule has 0 amide bonds. The van der Waals surface area contributed by atoms with Gasteiger partial charge in [0, 0.05) is 23.3 Å². The maximum atomic E-state index is 6.37. The largest absolute Gasteiger partial charge is 0.497 e. The molecule has 2 aromatic carbocycles. The van der Waals surface area contributed by atoms with Crippen LogP contribution in [0.15, 0.2) is 89.5 Å². The van der Waals surface area contributed by atoms with Crippen molar-refractivity contribution in [3.05, 3.63) is 107 Å². The van der Waals surface area contributed by atoms with Gasteiger partial charge in [-0.15, -0.1) is 0 Å². The fourth-order valence-electron chi connectivity index (χ4n) is 4.09. The molecule has 0 aliphatic carbocycles. The number of aromatic nitrogens is 1. The van der Waals surface area contributed by atoms with Gasteiger partial charge in [-0.05, 0) is 78.4 Å². The zero-order chi connectivity index (χ0) is 22.8. The molecule has 0 saturated carbocycles. The Morgan fingerprint density at radius 3 is 2.52 bits per heavy atom. The van der Waals surface area contributed by atoms with Gasteiger partial charge >= 0.3 is 0 Å². The molecule has 5 nitrogen and oxygen atoms in total. The van der Waals surface area contributed by atoms with Crippen LogP contribution in [0, 0.1) is 0 Å². The number of rotatable bonds is 6. The van der Waals surface area contributed by atoms with Crippen LogP contribution in [0.1, 0.15) is 29.1 Å². The summed E-state index contributed by atoms with van der Waals surface area (Å²) in [6, 6.07) is 25.2. The first-order valence-corrected chi connectivity index (χ1v) is 11.4. The molecule has 1 aliphatic heterocycles. The zero-order valence-electron chi connectivity index (χ0n) is 17.9. The highest BCUT2D eigenvalue weighted by atomic mass is 35.5. The number of hydrogen-bond donors (Lipinski definition) is 1. The van der Waals surface area contributed by atoms with Crippen molar-refractivity contribution in [2.45, 2.75) is 18.6 Å². The second-order valence-corrected chi connectivity index (χ2v) is 8.63. The van der Waals surface area contributed by atoms with Crippen LogP contribution in [0.3, 0.4) is 0 Å². The topological polar surface area (TPSA) is 50.5 Å². The molecule has 2 atom stereocenters. The molecule has 2 aromatic heterocycles. The summed E-state index contributed by atoms with van der Waals surface area (Å²) in [5.74, 6) is 2.42. The standard InChI is InChI=1S/C26H22ClN3O2S/c1-31-20-11-5-17(6-12-20)16-30-25(24(29-26(30)33)21-4-2-3-15-28-21)23-14-13-22(32-23)18-7-9-19(27)10-8-18/h2-15,24-25H,16H2,1H3,(H,29,33)/t24-,25-/m0/s1. The Balaban J connectivity index is 1.51. The number of nitrogens with one attached hydrogen (secondary N) is 1. The number of benzene rings is 2. The molecule has 1 N–H and O–H groups in total. The van der Waals surface area contributed by atoms with E-state index in [0.717, 1.165) is 34.1 Å². The maximum Gasteiger partial charge on any atom is 0.170 e. The minimum Gasteiger partial charge on any atom is -0.497 e. The zero-order valence-corrected chi connectivity index (χ0v) is 19.5. The molecular formula is C26H22ClN3O2S. The molecule has 7 heteroatoms. The predicted octanol–water partition coefficient (Wildman–Crippen LogP) is 6.18. The van der Waals surface area contributed by atoms with E-state index in [0.29, 0.717) is 16.7 Å². The minimum absolute atomic E-state index is 0.138. The van der Waals surface area contributed by atoms with Crippen LogP contribution in [-0.2, 0) is 6.54 Å². The van der Waals surface area contributed by atoms with Gasteiger partial charge in [-0.3, -0.25) is 4.98 Å². The lowest BCUT2D eigenvalue weighted by Crippen LogP contribution is -2.29. The molecule has 5 rings (SSSR count). The number of furan rings is 1. The Hall–Kier alpha value is -3.35. The summed E-state index contributed by atoms with van der Waals surface area (Å²) in [6.45, 7) is 0.626. The van der Waals surface area contributed by atoms with E-state index in [1.807, 2.05) is 78.9 Å². The summed E-state index contributed by atoms with van der Waals surface area (Å²) in [5, 5.41) is 4.82. The van der Waals surface area contributed by atoms with E-state index < -0.39 is 0 Å². The molecule has 4 aromatic rings. The first kappa shape index (κ1) is 21.5. The van der Waals surface area contributed by atoms with Crippen molar-refractivity contribution in [2.24, 2.45) is 0 Å². The van der Waals surface area contributed by atoms with Crippen molar-refractivity contribution >= 4 is 28.9 Å². The van der Waals surface area contributed by atoms with Gasteiger partial charge in [-0.1, -0.05) is 29.8 Å². The Bertz CT molecular complexity index is 1240. The van der Waals surface area contributed by atoms with Crippen molar-refractivity contribution in [3.63, 3.8) is 0 Å². The van der Waals surface area contributed by atoms with E-state index in [1.165, 1.54) is 0 Å². The van der Waals surface area contributed by atoms with Crippen molar-refractivity contribution in [3.8, 4) is 17.1 Å². The number of pyridine rings is 1. The Morgan fingerprint density at radius 2 is 1.82 bits per heavy atom. The van der Waals surface area contributed by atoms with Crippen LogP contribution >= 0.6 is 23.8 Å². The third-order valence-electron chi connectivity index (χ3n) is 5.76. The molecule has 1 aliphatic rings. The molecule has 0 bridgehead atoms. The van der Waals surface area contributed by atoms with Gasteiger partial charge in [-0.2, -0.15) is 0 Å². The smallest absolute Gasteiger partial charge is 0.170 e. The van der Waals surface area contributed by atoms with Crippen LogP contribution in [0.4, 0.5) is 0 Å². The fourth-order valence-corrected chi connectivity index (χ4v) is 4.52. The Kier molecular flexibility index (Phi) is 6.03. The summed E-state index contributed by atoms with van der Waals surface area (Å²) < 4.78 is 11.7. The van der Waals surface area contributed by atoms with Gasteiger partial charge in [0.2, 0.25) is 0 Å². The van der Waals surface area contributed by atoms with E-state index in [9.17, 15) is 0 Å². The van der Waals surface area contributed by atoms with Gasteiger partial charge in [0.25, 0.3) is 0 Å². The number of methoxy groups -OCH3 is 1. The lowest BCUT2D eigenvalue weighted by molar-refractivity contribution is 0.269. The average molecular weight is 476 g/mol. The molecule has 0 unspecified atom stereocenters. The molecule has 0 spiro atoms. The second-order valence-electron chi connectivity index (χ2n) is 7.81. The highest BCUT2D eigenvalue weighted by Crippen LogP contribution is 2.41. The maximum absolute atomic E-state index is 6.37. The first-order chi connectivity index (χ1) is 16.1. The van der Waals surface area contributed by atoms with Crippen molar-refractivity contribution in [1.82, 2.24) is 15.2 Å². The lowest BCUT2D eigenvalue weighted by Gasteiger charge is -2.26. The second kappa shape index (κ2) is 9.25. The first-order valence-electron chi connectivity index (χ1n) is 10.6. The summed E-state index contributed by atoms with van der Waals surface area (Å²) in [7, 11) is 1.66. The summed E-state index contributed by atoms with van der Waals surface area (Å²) in [6.07, 6.45) is 1.80. The van der Waals surface area contributed by atoms with Crippen molar-refractivity contribution in [2.75, 3.05) is 7.11 Å². The highest BCUT2D eigenvalue weighted by Gasteiger charge is 2.41. The van der Waals surface area contributed by atoms with Gasteiger partial charge in [0.15, 0.2) is 5.11 Å². The number of thiocarbonyl (C=S) groups is 1. The van der Waals surface area contributed by atoms with Gasteiger partial charge in [0.05, 0.1) is 18.8 Å². The van der Waals surface area contributed by atoms with Gasteiger partial charge in [0.1, 0.15) is 23.3 Å². The molecule has 1 saturated heterocycles. The summed E-state index contributed by atoms with van der Waals surface area (Å²) in [4.78, 5) is 6.74. The third-order valence-corrected chi connectivity index (χ3v) is 6.36. The molecule has 33 heavy (non-hydrogen) atoms. The molecule has 166 valence electrons. The monoisotopic (exact) mass is 475 g/mol. The van der Waals surface area contributed by atoms with Gasteiger partial charge in [-0.25, -0.2) is 0 Å². The van der Waals surface area contributed by atoms with Crippen LogP contribution in [0.2, 0.25) is 5.02 Å². The number of hydrogen-bond acceptors (Lipinski definition) is 4. The van der Waals surface area contributed by atoms with Crippen LogP contribution < -0.4 is 10.1 Å². The number of ether oxygens (including phenoxy) is 1. The highest BCUT2D eigenvalue weighted by molar-refractivity contribution is 7.80. The molecule has 1 fully saturated rings. The SMILES string of the molecule is COc1ccc(CN2C(=S)N[C@@H](c3ccccn3)[C@@H]2c2ccc(-c3ccc(Cl)cc3)o2)cc1. The lowest BCUT2D eigenvalue weighted by atomic mass is 10.0. The van der Waals surface area contributed by atoms with Gasteiger partial charge < -0.3 is 19.4 Å². The van der Waals surface area contributed by atoms with Crippen LogP contribution in [0.5, 0.6) is 5.75 Å². The van der Waals surface area contributed by atoms with E-state index in [2.05, 4.69) is 15.2 Å². The van der Waals surface area contributed by atoms with Crippen LogP contribution in [-0.4, -0.2) is 22.1 Å². The molecular weight excluding hydrogens is 454 g/mol. The van der Waals surface area contributed by atoms with E-state index in [4.69, 9.17) is 33.0 Å². The number of nitrogens with zero attached hydrogens (tertiary/aromatic N) is 2. The van der Waals surface area contributed by atoms with E-state index in [-0.39, 0.29) is 12.1 Å². The minimum atomic E-state index is -0.157. The Labute approximate surface area is 203 Å². The van der Waals surface area contributed by atoms with Crippen LogP contribution in [0.25, 0.3) is 11.3 Å². The summed E-state index contributed by atoms with van der Waals surface area (Å²) >= 11 is 11.8. The van der Waals surface area contributed by atoms with E-state index >= 15 is 0 Å². The normalized spacial score (nSPS) is 17.8. The predicted molar refractivity (Wildman–Crippen MR) is 133 cm³/mol. The number of halogens is 1. The Morgan fingerprint density at radius 1 is 1.03 bits per heavy atom.